The fraction of sp³-hybridized carbons (Fsp3) is 0.600. The number of thiophene rings is 1. The van der Waals surface area contributed by atoms with Gasteiger partial charge in [0.2, 0.25) is 0 Å². The molecule has 0 radical (unpaired) electrons. The van der Waals surface area contributed by atoms with Gasteiger partial charge in [0.1, 0.15) is 0 Å². The lowest BCUT2D eigenvalue weighted by molar-refractivity contribution is 0.149. The van der Waals surface area contributed by atoms with Gasteiger partial charge in [0.05, 0.1) is 0 Å². The van der Waals surface area contributed by atoms with E-state index in [1.165, 1.54) is 35.5 Å². The minimum Gasteiger partial charge on any atom is -0.304 e. The van der Waals surface area contributed by atoms with Crippen LogP contribution >= 0.6 is 27.3 Å². The second kappa shape index (κ2) is 4.75. The summed E-state index contributed by atoms with van der Waals surface area (Å²) in [4.78, 5) is 6.38. The largest absolute Gasteiger partial charge is 0.304 e. The first-order chi connectivity index (χ1) is 6.74. The molecule has 0 spiro atoms. The quantitative estimate of drug-likeness (QED) is 0.817. The summed E-state index contributed by atoms with van der Waals surface area (Å²) < 4.78 is 1.21. The summed E-state index contributed by atoms with van der Waals surface area (Å²) in [6, 6.07) is 2.23. The Morgan fingerprint density at radius 2 is 2.07 bits per heavy atom. The molecule has 0 aromatic carbocycles. The Morgan fingerprint density at radius 1 is 1.36 bits per heavy atom. The van der Waals surface area contributed by atoms with Gasteiger partial charge in [-0.2, -0.15) is 0 Å². The molecule has 1 aliphatic heterocycles. The van der Waals surface area contributed by atoms with E-state index in [1.807, 2.05) is 11.3 Å². The topological polar surface area (TPSA) is 6.48 Å². The SMILES string of the molecule is CN1CCN(Cc2cc(Br)cs2)CC1. The van der Waals surface area contributed by atoms with Crippen LogP contribution in [0.3, 0.4) is 0 Å². The molecule has 1 aliphatic rings. The first-order valence-corrected chi connectivity index (χ1v) is 6.55. The van der Waals surface area contributed by atoms with E-state index in [-0.39, 0.29) is 0 Å². The zero-order chi connectivity index (χ0) is 9.97. The van der Waals surface area contributed by atoms with Crippen LogP contribution in [0.5, 0.6) is 0 Å². The van der Waals surface area contributed by atoms with Gasteiger partial charge >= 0.3 is 0 Å². The second-order valence-electron chi connectivity index (χ2n) is 3.81. The van der Waals surface area contributed by atoms with Crippen molar-refractivity contribution in [2.75, 3.05) is 33.2 Å². The molecule has 0 amide bonds. The maximum Gasteiger partial charge on any atom is 0.0329 e. The number of hydrogen-bond donors (Lipinski definition) is 0. The van der Waals surface area contributed by atoms with E-state index in [0.29, 0.717) is 0 Å². The van der Waals surface area contributed by atoms with Gasteiger partial charge in [-0.25, -0.2) is 0 Å². The molecule has 0 saturated carbocycles. The van der Waals surface area contributed by atoms with Gasteiger partial charge in [-0.3, -0.25) is 4.90 Å². The van der Waals surface area contributed by atoms with E-state index in [4.69, 9.17) is 0 Å². The highest BCUT2D eigenvalue weighted by Crippen LogP contribution is 2.21. The van der Waals surface area contributed by atoms with Crippen molar-refractivity contribution in [3.05, 3.63) is 20.8 Å². The molecule has 0 atom stereocenters. The van der Waals surface area contributed by atoms with Crippen molar-refractivity contribution in [2.45, 2.75) is 6.54 Å². The number of likely N-dealkylation sites (N-methyl/N-ethyl adjacent to an activating group) is 1. The van der Waals surface area contributed by atoms with E-state index in [2.05, 4.69) is 44.2 Å². The Bertz CT molecular complexity index is 292. The molecule has 1 saturated heterocycles. The molecule has 0 aliphatic carbocycles. The smallest absolute Gasteiger partial charge is 0.0329 e. The van der Waals surface area contributed by atoms with E-state index >= 15 is 0 Å². The van der Waals surface area contributed by atoms with Crippen molar-refractivity contribution < 1.29 is 0 Å². The van der Waals surface area contributed by atoms with Gasteiger partial charge in [-0.05, 0) is 29.0 Å². The van der Waals surface area contributed by atoms with Crippen LogP contribution in [-0.4, -0.2) is 43.0 Å². The van der Waals surface area contributed by atoms with Crippen molar-refractivity contribution in [3.8, 4) is 0 Å². The molecular weight excluding hydrogens is 260 g/mol. The third-order valence-corrected chi connectivity index (χ3v) is 4.28. The maximum atomic E-state index is 3.49. The fourth-order valence-electron chi connectivity index (χ4n) is 1.66. The zero-order valence-corrected chi connectivity index (χ0v) is 10.8. The lowest BCUT2D eigenvalue weighted by Crippen LogP contribution is -2.43. The van der Waals surface area contributed by atoms with Crippen LogP contribution < -0.4 is 0 Å². The number of nitrogens with zero attached hydrogens (tertiary/aromatic N) is 2. The Balaban J connectivity index is 1.86. The first-order valence-electron chi connectivity index (χ1n) is 4.88. The lowest BCUT2D eigenvalue weighted by atomic mass is 10.3. The van der Waals surface area contributed by atoms with E-state index in [9.17, 15) is 0 Å². The minimum absolute atomic E-state index is 1.12. The number of hydrogen-bond acceptors (Lipinski definition) is 3. The van der Waals surface area contributed by atoms with Gasteiger partial charge in [0.15, 0.2) is 0 Å². The maximum absolute atomic E-state index is 3.49. The number of piperazine rings is 1. The molecular formula is C10H15BrN2S. The van der Waals surface area contributed by atoms with Gasteiger partial charge in [-0.1, -0.05) is 0 Å². The van der Waals surface area contributed by atoms with Crippen LogP contribution in [0, 0.1) is 0 Å². The van der Waals surface area contributed by atoms with Gasteiger partial charge in [-0.15, -0.1) is 11.3 Å². The average molecular weight is 275 g/mol. The molecule has 1 fully saturated rings. The fourth-order valence-corrected chi connectivity index (χ4v) is 3.16. The summed E-state index contributed by atoms with van der Waals surface area (Å²) in [5, 5.41) is 2.16. The summed E-state index contributed by atoms with van der Waals surface area (Å²) in [5.74, 6) is 0. The van der Waals surface area contributed by atoms with E-state index < -0.39 is 0 Å². The summed E-state index contributed by atoms with van der Waals surface area (Å²) in [7, 11) is 2.19. The summed E-state index contributed by atoms with van der Waals surface area (Å²) >= 11 is 5.33. The molecule has 14 heavy (non-hydrogen) atoms. The first kappa shape index (κ1) is 10.6. The zero-order valence-electron chi connectivity index (χ0n) is 8.37. The summed E-state index contributed by atoms with van der Waals surface area (Å²) in [5.41, 5.74) is 0. The second-order valence-corrected chi connectivity index (χ2v) is 5.72. The standard InChI is InChI=1S/C10H15BrN2S/c1-12-2-4-13(5-3-12)7-10-6-9(11)8-14-10/h6,8H,2-5,7H2,1H3. The molecule has 2 heterocycles. The van der Waals surface area contributed by atoms with E-state index in [1.54, 1.807) is 0 Å². The molecule has 1 aromatic rings. The van der Waals surface area contributed by atoms with E-state index in [0.717, 1.165) is 6.54 Å². The van der Waals surface area contributed by atoms with Gasteiger partial charge < -0.3 is 4.90 Å². The molecule has 0 N–H and O–H groups in total. The van der Waals surface area contributed by atoms with Crippen LogP contribution in [0.4, 0.5) is 0 Å². The summed E-state index contributed by atoms with van der Waals surface area (Å²) in [6.45, 7) is 5.92. The van der Waals surface area contributed by atoms with Crippen LogP contribution in [0.25, 0.3) is 0 Å². The highest BCUT2D eigenvalue weighted by Gasteiger charge is 2.14. The third kappa shape index (κ3) is 2.79. The molecule has 1 aromatic heterocycles. The van der Waals surface area contributed by atoms with Crippen molar-refractivity contribution in [1.29, 1.82) is 0 Å². The van der Waals surface area contributed by atoms with Crippen molar-refractivity contribution in [3.63, 3.8) is 0 Å². The third-order valence-electron chi connectivity index (χ3n) is 2.60. The Labute approximate surface area is 97.6 Å². The normalized spacial score (nSPS) is 20.1. The molecule has 78 valence electrons. The van der Waals surface area contributed by atoms with Crippen molar-refractivity contribution >= 4 is 27.3 Å². The molecule has 0 unspecified atom stereocenters. The Hall–Kier alpha value is 0.1000. The van der Waals surface area contributed by atoms with Crippen LogP contribution in [0.1, 0.15) is 4.88 Å². The van der Waals surface area contributed by atoms with Crippen LogP contribution in [0.2, 0.25) is 0 Å². The molecule has 2 rings (SSSR count). The number of halogens is 1. The van der Waals surface area contributed by atoms with Gasteiger partial charge in [0.25, 0.3) is 0 Å². The Kier molecular flexibility index (Phi) is 3.60. The van der Waals surface area contributed by atoms with Crippen LogP contribution in [-0.2, 0) is 6.54 Å². The average Bonchev–Trinajstić information content (AvgIpc) is 2.56. The van der Waals surface area contributed by atoms with Crippen molar-refractivity contribution in [2.24, 2.45) is 0 Å². The van der Waals surface area contributed by atoms with Crippen LogP contribution in [0.15, 0.2) is 15.9 Å². The highest BCUT2D eigenvalue weighted by atomic mass is 79.9. The molecule has 2 nitrogen and oxygen atoms in total. The van der Waals surface area contributed by atoms with Crippen molar-refractivity contribution in [1.82, 2.24) is 9.80 Å². The lowest BCUT2D eigenvalue weighted by Gasteiger charge is -2.31. The molecule has 4 heteroatoms. The number of rotatable bonds is 2. The predicted molar refractivity (Wildman–Crippen MR) is 64.8 cm³/mol. The monoisotopic (exact) mass is 274 g/mol. The predicted octanol–water partition coefficient (Wildman–Crippen LogP) is 2.26. The molecule has 0 bridgehead atoms. The highest BCUT2D eigenvalue weighted by molar-refractivity contribution is 9.10. The summed E-state index contributed by atoms with van der Waals surface area (Å²) in [6.07, 6.45) is 0. The Morgan fingerprint density at radius 3 is 2.64 bits per heavy atom. The minimum atomic E-state index is 1.12. The van der Waals surface area contributed by atoms with Gasteiger partial charge in [0, 0.05) is 47.5 Å².